The molecular formula is C20H16F2N2O4S2. The van der Waals surface area contributed by atoms with E-state index < -0.39 is 21.7 Å². The highest BCUT2D eigenvalue weighted by Crippen LogP contribution is 2.27. The molecule has 3 rings (SSSR count). The summed E-state index contributed by atoms with van der Waals surface area (Å²) in [6.45, 7) is 0. The highest BCUT2D eigenvalue weighted by molar-refractivity contribution is 7.99. The molecule has 0 bridgehead atoms. The molecule has 0 saturated heterocycles. The van der Waals surface area contributed by atoms with E-state index in [1.54, 1.807) is 12.1 Å². The fraction of sp³-hybridized carbons (Fsp3) is 0.0500. The van der Waals surface area contributed by atoms with Gasteiger partial charge < -0.3 is 10.4 Å². The first kappa shape index (κ1) is 21.6. The minimum atomic E-state index is -4.02. The predicted octanol–water partition coefficient (Wildman–Crippen LogP) is 4.76. The lowest BCUT2D eigenvalue weighted by atomic mass is 10.2. The van der Waals surface area contributed by atoms with Crippen molar-refractivity contribution in [1.82, 2.24) is 0 Å². The van der Waals surface area contributed by atoms with Crippen molar-refractivity contribution in [3.8, 4) is 5.75 Å². The molecule has 0 saturated carbocycles. The van der Waals surface area contributed by atoms with Crippen molar-refractivity contribution < 1.29 is 27.1 Å². The average molecular weight is 450 g/mol. The molecule has 3 aromatic carbocycles. The Morgan fingerprint density at radius 1 is 0.967 bits per heavy atom. The molecular weight excluding hydrogens is 434 g/mol. The van der Waals surface area contributed by atoms with Crippen LogP contribution in [0.1, 0.15) is 10.4 Å². The first-order valence-corrected chi connectivity index (χ1v) is 10.9. The van der Waals surface area contributed by atoms with Crippen molar-refractivity contribution in [3.63, 3.8) is 0 Å². The maximum absolute atomic E-state index is 12.6. The molecule has 3 N–H and O–H groups in total. The fourth-order valence-electron chi connectivity index (χ4n) is 2.50. The van der Waals surface area contributed by atoms with E-state index in [9.17, 15) is 27.1 Å². The van der Waals surface area contributed by atoms with E-state index in [4.69, 9.17) is 0 Å². The van der Waals surface area contributed by atoms with Gasteiger partial charge in [0.05, 0.1) is 10.6 Å². The molecule has 0 aromatic heterocycles. The Labute approximate surface area is 176 Å². The topological polar surface area (TPSA) is 95.5 Å². The van der Waals surface area contributed by atoms with Gasteiger partial charge >= 0.3 is 0 Å². The number of carbonyl (C=O) groups is 1. The number of hydrogen-bond acceptors (Lipinski definition) is 5. The summed E-state index contributed by atoms with van der Waals surface area (Å²) in [5, 5.41) is 12.3. The van der Waals surface area contributed by atoms with Crippen LogP contribution in [0.25, 0.3) is 0 Å². The lowest BCUT2D eigenvalue weighted by Crippen LogP contribution is -2.16. The smallest absolute Gasteiger partial charge is 0.288 e. The summed E-state index contributed by atoms with van der Waals surface area (Å²) < 4.78 is 52.4. The molecule has 10 heteroatoms. The van der Waals surface area contributed by atoms with Crippen LogP contribution in [-0.2, 0) is 10.0 Å². The standard InChI is InChI=1S/C20H16F2N2O4S2/c21-20(22)29-15-10-8-14(9-11-15)24-30(27,28)16-5-3-4-13(12-16)19(26)23-17-6-1-2-7-18(17)25/h1-12,20,24-25H,(H,23,26). The van der Waals surface area contributed by atoms with Crippen molar-refractivity contribution in [2.24, 2.45) is 0 Å². The predicted molar refractivity (Wildman–Crippen MR) is 112 cm³/mol. The van der Waals surface area contributed by atoms with E-state index in [0.717, 1.165) is 0 Å². The van der Waals surface area contributed by atoms with Gasteiger partial charge in [0.1, 0.15) is 5.75 Å². The Hall–Kier alpha value is -3.11. The van der Waals surface area contributed by atoms with Crippen LogP contribution in [0.2, 0.25) is 0 Å². The number of halogens is 2. The van der Waals surface area contributed by atoms with E-state index in [1.807, 2.05) is 0 Å². The van der Waals surface area contributed by atoms with Gasteiger partial charge in [0, 0.05) is 16.1 Å². The van der Waals surface area contributed by atoms with Crippen molar-refractivity contribution in [2.75, 3.05) is 10.0 Å². The van der Waals surface area contributed by atoms with E-state index in [2.05, 4.69) is 10.0 Å². The number of alkyl halides is 2. The zero-order chi connectivity index (χ0) is 21.7. The number of phenolic OH excluding ortho intramolecular Hbond substituents is 1. The molecule has 0 aliphatic rings. The van der Waals surface area contributed by atoms with Crippen LogP contribution >= 0.6 is 11.8 Å². The number of benzene rings is 3. The van der Waals surface area contributed by atoms with Crippen LogP contribution in [0.5, 0.6) is 5.75 Å². The van der Waals surface area contributed by atoms with Crippen LogP contribution in [0.4, 0.5) is 20.2 Å². The van der Waals surface area contributed by atoms with Crippen LogP contribution in [0.15, 0.2) is 82.6 Å². The summed E-state index contributed by atoms with van der Waals surface area (Å²) in [6, 6.07) is 17.0. The van der Waals surface area contributed by atoms with Gasteiger partial charge in [-0.15, -0.1) is 0 Å². The van der Waals surface area contributed by atoms with E-state index in [-0.39, 0.29) is 27.6 Å². The molecule has 0 spiro atoms. The van der Waals surface area contributed by atoms with Gasteiger partial charge in [-0.05, 0) is 54.6 Å². The van der Waals surface area contributed by atoms with Gasteiger partial charge in [-0.25, -0.2) is 8.42 Å². The SMILES string of the molecule is O=C(Nc1ccccc1O)c1cccc(S(=O)(=O)Nc2ccc(SC(F)F)cc2)c1. The maximum Gasteiger partial charge on any atom is 0.288 e. The minimum Gasteiger partial charge on any atom is -0.506 e. The number of para-hydroxylation sites is 2. The summed E-state index contributed by atoms with van der Waals surface area (Å²) in [6.07, 6.45) is 0. The van der Waals surface area contributed by atoms with Crippen molar-refractivity contribution in [3.05, 3.63) is 78.4 Å². The number of aromatic hydroxyl groups is 1. The van der Waals surface area contributed by atoms with Crippen LogP contribution in [0.3, 0.4) is 0 Å². The van der Waals surface area contributed by atoms with Gasteiger partial charge in [0.15, 0.2) is 0 Å². The molecule has 0 unspecified atom stereocenters. The molecule has 3 aromatic rings. The zero-order valence-electron chi connectivity index (χ0n) is 15.2. The largest absolute Gasteiger partial charge is 0.506 e. The number of anilines is 2. The third-order valence-electron chi connectivity index (χ3n) is 3.89. The van der Waals surface area contributed by atoms with Crippen LogP contribution in [0, 0.1) is 0 Å². The van der Waals surface area contributed by atoms with E-state index in [0.29, 0.717) is 16.7 Å². The van der Waals surface area contributed by atoms with Crippen molar-refractivity contribution >= 4 is 39.1 Å². The van der Waals surface area contributed by atoms with Gasteiger partial charge in [-0.2, -0.15) is 8.78 Å². The normalized spacial score (nSPS) is 11.3. The van der Waals surface area contributed by atoms with Gasteiger partial charge in [-0.3, -0.25) is 9.52 Å². The Morgan fingerprint density at radius 2 is 1.67 bits per heavy atom. The first-order chi connectivity index (χ1) is 14.2. The Balaban J connectivity index is 1.77. The number of hydrogen-bond donors (Lipinski definition) is 3. The zero-order valence-corrected chi connectivity index (χ0v) is 16.9. The number of carbonyl (C=O) groups excluding carboxylic acids is 1. The average Bonchev–Trinajstić information content (AvgIpc) is 2.71. The monoisotopic (exact) mass is 450 g/mol. The number of sulfonamides is 1. The number of amides is 1. The third-order valence-corrected chi connectivity index (χ3v) is 5.99. The molecule has 0 radical (unpaired) electrons. The molecule has 6 nitrogen and oxygen atoms in total. The minimum absolute atomic E-state index is 0.0739. The maximum atomic E-state index is 12.6. The van der Waals surface area contributed by atoms with E-state index in [1.165, 1.54) is 60.7 Å². The highest BCUT2D eigenvalue weighted by Gasteiger charge is 2.17. The summed E-state index contributed by atoms with van der Waals surface area (Å²) in [5.74, 6) is -3.29. The number of rotatable bonds is 7. The molecule has 0 aliphatic carbocycles. The van der Waals surface area contributed by atoms with Gasteiger partial charge in [0.2, 0.25) is 0 Å². The molecule has 30 heavy (non-hydrogen) atoms. The highest BCUT2D eigenvalue weighted by atomic mass is 32.2. The molecule has 156 valence electrons. The number of thioether (sulfide) groups is 1. The summed E-state index contributed by atoms with van der Waals surface area (Å²) in [5.41, 5.74) is 0.457. The second-order valence-electron chi connectivity index (χ2n) is 6.01. The second kappa shape index (κ2) is 9.14. The Bertz CT molecular complexity index is 1150. The first-order valence-electron chi connectivity index (χ1n) is 8.52. The third kappa shape index (κ3) is 5.49. The van der Waals surface area contributed by atoms with Crippen molar-refractivity contribution in [2.45, 2.75) is 15.5 Å². The Kier molecular flexibility index (Phi) is 6.58. The molecule has 0 atom stereocenters. The van der Waals surface area contributed by atoms with Crippen LogP contribution in [-0.4, -0.2) is 25.2 Å². The molecule has 1 amide bonds. The lowest BCUT2D eigenvalue weighted by Gasteiger charge is -2.11. The number of nitrogens with one attached hydrogen (secondary N) is 2. The quantitative estimate of drug-likeness (QED) is 0.356. The Morgan fingerprint density at radius 3 is 2.33 bits per heavy atom. The molecule has 0 fully saturated rings. The molecule has 0 aliphatic heterocycles. The lowest BCUT2D eigenvalue weighted by molar-refractivity contribution is 0.102. The van der Waals surface area contributed by atoms with Gasteiger partial charge in [0.25, 0.3) is 21.7 Å². The number of phenols is 1. The fourth-order valence-corrected chi connectivity index (χ4v) is 4.10. The van der Waals surface area contributed by atoms with Gasteiger partial charge in [-0.1, -0.05) is 30.0 Å². The summed E-state index contributed by atoms with van der Waals surface area (Å²) in [4.78, 5) is 12.6. The second-order valence-corrected chi connectivity index (χ2v) is 8.75. The van der Waals surface area contributed by atoms with Crippen LogP contribution < -0.4 is 10.0 Å². The molecule has 0 heterocycles. The summed E-state index contributed by atoms with van der Waals surface area (Å²) in [7, 11) is -4.02. The van der Waals surface area contributed by atoms with E-state index >= 15 is 0 Å². The summed E-state index contributed by atoms with van der Waals surface area (Å²) >= 11 is 0.355. The van der Waals surface area contributed by atoms with Crippen molar-refractivity contribution in [1.29, 1.82) is 0 Å².